The zero-order valence-corrected chi connectivity index (χ0v) is 42.9. The van der Waals surface area contributed by atoms with Gasteiger partial charge in [-0.25, -0.2) is 4.79 Å². The number of hydrogen-bond acceptors (Lipinski definition) is 12. The lowest BCUT2D eigenvalue weighted by Crippen LogP contribution is -2.28. The van der Waals surface area contributed by atoms with Crippen LogP contribution in [0.15, 0.2) is 0 Å². The molecule has 0 bridgehead atoms. The van der Waals surface area contributed by atoms with Gasteiger partial charge in [0.1, 0.15) is 6.61 Å². The molecule has 0 heterocycles. The Labute approximate surface area is 399 Å². The highest BCUT2D eigenvalue weighted by atomic mass is 16.7. The van der Waals surface area contributed by atoms with Crippen LogP contribution in [0, 0.1) is 5.92 Å². The molecule has 0 saturated heterocycles. The second kappa shape index (κ2) is 49.9. The van der Waals surface area contributed by atoms with Crippen molar-refractivity contribution in [2.24, 2.45) is 5.92 Å². The predicted octanol–water partition coefficient (Wildman–Crippen LogP) is 13.4. The van der Waals surface area contributed by atoms with Gasteiger partial charge in [-0.05, 0) is 58.0 Å². The molecule has 0 fully saturated rings. The molecule has 12 nitrogen and oxygen atoms in total. The van der Waals surface area contributed by atoms with Crippen molar-refractivity contribution in [1.29, 1.82) is 0 Å². The molecule has 0 amide bonds. The molecular weight excluding hydrogens is 827 g/mol. The third kappa shape index (κ3) is 45.6. The standard InChI is InChI=1S/C53H103NO11/c1-6-11-14-17-20-24-29-32-41-59-49(55)36-30-25-22-21-23-26-31-37-50(56)63-45-48(47-65-53(58)62-44-35-40-54(9-4)10-5)46-64-51(57)38-39-52(60-42-33-27-18-15-12-7-2)61-43-34-28-19-16-13-8-3/h48,50,52,56H,6-47H2,1-5H3. The van der Waals surface area contributed by atoms with E-state index in [2.05, 4.69) is 39.5 Å². The monoisotopic (exact) mass is 930 g/mol. The Morgan fingerprint density at radius 1 is 0.415 bits per heavy atom. The molecule has 0 aliphatic carbocycles. The highest BCUT2D eigenvalue weighted by Crippen LogP contribution is 2.16. The van der Waals surface area contributed by atoms with Gasteiger partial charge in [0.05, 0.1) is 38.8 Å². The van der Waals surface area contributed by atoms with Gasteiger partial charge in [-0.1, -0.05) is 176 Å². The van der Waals surface area contributed by atoms with Gasteiger partial charge in [-0.15, -0.1) is 0 Å². The first-order valence-corrected chi connectivity index (χ1v) is 27.1. The molecule has 1 N–H and O–H groups in total. The summed E-state index contributed by atoms with van der Waals surface area (Å²) in [5.41, 5.74) is 0. The normalized spacial score (nSPS) is 12.5. The molecule has 0 spiro atoms. The summed E-state index contributed by atoms with van der Waals surface area (Å²) in [4.78, 5) is 39.8. The lowest BCUT2D eigenvalue weighted by atomic mass is 10.1. The van der Waals surface area contributed by atoms with Gasteiger partial charge in [0.25, 0.3) is 0 Å². The SMILES string of the molecule is CCCCCCCCCCOC(=O)CCCCCCCCCC(O)OCC(COC(=O)CCC(OCCCCCCCC)OCCCCCCCC)COC(=O)OCCCN(CC)CC. The Kier molecular flexibility index (Phi) is 48.4. The van der Waals surface area contributed by atoms with Crippen molar-refractivity contribution in [3.8, 4) is 0 Å². The van der Waals surface area contributed by atoms with Crippen LogP contribution in [0.5, 0.6) is 0 Å². The van der Waals surface area contributed by atoms with Crippen molar-refractivity contribution >= 4 is 18.1 Å². The van der Waals surface area contributed by atoms with Gasteiger partial charge >= 0.3 is 18.1 Å². The Bertz CT molecular complexity index is 1010. The number of unbranched alkanes of at least 4 members (excludes halogenated alkanes) is 23. The summed E-state index contributed by atoms with van der Waals surface area (Å²) in [6, 6.07) is 0. The Hall–Kier alpha value is -1.99. The van der Waals surface area contributed by atoms with E-state index in [0.29, 0.717) is 45.5 Å². The van der Waals surface area contributed by atoms with Crippen molar-refractivity contribution in [1.82, 2.24) is 4.90 Å². The van der Waals surface area contributed by atoms with Crippen molar-refractivity contribution in [3.63, 3.8) is 0 Å². The van der Waals surface area contributed by atoms with E-state index >= 15 is 0 Å². The van der Waals surface area contributed by atoms with Crippen LogP contribution in [-0.2, 0) is 42.7 Å². The summed E-state index contributed by atoms with van der Waals surface area (Å²) < 4.78 is 39.8. The molecule has 0 aromatic rings. The number of aliphatic hydroxyl groups is 1. The first-order valence-electron chi connectivity index (χ1n) is 27.1. The van der Waals surface area contributed by atoms with Crippen LogP contribution in [-0.4, -0.2) is 107 Å². The van der Waals surface area contributed by atoms with Crippen LogP contribution in [0.1, 0.15) is 240 Å². The summed E-state index contributed by atoms with van der Waals surface area (Å²) in [6.07, 6.45) is 30.7. The molecule has 12 heteroatoms. The van der Waals surface area contributed by atoms with Gasteiger partial charge in [-0.3, -0.25) is 9.59 Å². The molecule has 0 aliphatic rings. The molecule has 2 unspecified atom stereocenters. The van der Waals surface area contributed by atoms with Gasteiger partial charge < -0.3 is 43.2 Å². The second-order valence-corrected chi connectivity index (χ2v) is 18.1. The molecule has 0 saturated carbocycles. The predicted molar refractivity (Wildman–Crippen MR) is 263 cm³/mol. The summed E-state index contributed by atoms with van der Waals surface area (Å²) in [6.45, 7) is 15.5. The number of carbonyl (C=O) groups excluding carboxylic acids is 3. The first-order chi connectivity index (χ1) is 31.8. The quantitative estimate of drug-likeness (QED) is 0.0269. The third-order valence-corrected chi connectivity index (χ3v) is 12.0. The molecule has 386 valence electrons. The Balaban J connectivity index is 4.71. The van der Waals surface area contributed by atoms with E-state index in [0.717, 1.165) is 103 Å². The van der Waals surface area contributed by atoms with E-state index in [-0.39, 0.29) is 44.8 Å². The maximum absolute atomic E-state index is 13.0. The van der Waals surface area contributed by atoms with E-state index < -0.39 is 24.7 Å². The van der Waals surface area contributed by atoms with Gasteiger partial charge in [0.15, 0.2) is 12.6 Å². The fraction of sp³-hybridized carbons (Fsp3) is 0.943. The summed E-state index contributed by atoms with van der Waals surface area (Å²) in [5.74, 6) is -0.949. The molecule has 0 aromatic carbocycles. The van der Waals surface area contributed by atoms with Crippen LogP contribution in [0.4, 0.5) is 4.79 Å². The van der Waals surface area contributed by atoms with Crippen LogP contribution < -0.4 is 0 Å². The van der Waals surface area contributed by atoms with E-state index in [1.165, 1.54) is 89.9 Å². The topological polar surface area (TPSA) is 139 Å². The number of ether oxygens (including phenoxy) is 7. The molecule has 0 aromatic heterocycles. The van der Waals surface area contributed by atoms with E-state index in [1.54, 1.807) is 0 Å². The van der Waals surface area contributed by atoms with E-state index in [1.807, 2.05) is 0 Å². The van der Waals surface area contributed by atoms with Gasteiger partial charge in [-0.2, -0.15) is 0 Å². The second-order valence-electron chi connectivity index (χ2n) is 18.1. The average Bonchev–Trinajstić information content (AvgIpc) is 3.30. The average molecular weight is 930 g/mol. The number of nitrogens with zero attached hydrogens (tertiary/aromatic N) is 1. The zero-order chi connectivity index (χ0) is 47.7. The van der Waals surface area contributed by atoms with Crippen LogP contribution >= 0.6 is 0 Å². The molecule has 2 atom stereocenters. The van der Waals surface area contributed by atoms with Crippen LogP contribution in [0.3, 0.4) is 0 Å². The highest BCUT2D eigenvalue weighted by Gasteiger charge is 2.20. The first kappa shape index (κ1) is 63.0. The fourth-order valence-corrected chi connectivity index (χ4v) is 7.58. The van der Waals surface area contributed by atoms with Crippen molar-refractivity contribution in [2.75, 3.05) is 65.9 Å². The number of hydrogen-bond donors (Lipinski definition) is 1. The van der Waals surface area contributed by atoms with Gasteiger partial charge in [0, 0.05) is 32.6 Å². The lowest BCUT2D eigenvalue weighted by Gasteiger charge is -2.21. The molecule has 0 aliphatic heterocycles. The molecule has 0 radical (unpaired) electrons. The number of esters is 2. The Morgan fingerprint density at radius 2 is 0.862 bits per heavy atom. The zero-order valence-electron chi connectivity index (χ0n) is 42.9. The number of carbonyl (C=O) groups is 3. The smallest absolute Gasteiger partial charge is 0.466 e. The molecular formula is C53H103NO11. The number of aliphatic hydroxyl groups excluding tert-OH is 1. The minimum atomic E-state index is -0.981. The summed E-state index contributed by atoms with van der Waals surface area (Å²) >= 11 is 0. The van der Waals surface area contributed by atoms with Crippen molar-refractivity contribution in [2.45, 2.75) is 253 Å². The largest absolute Gasteiger partial charge is 0.508 e. The van der Waals surface area contributed by atoms with E-state index in [4.69, 9.17) is 33.2 Å². The lowest BCUT2D eigenvalue weighted by molar-refractivity contribution is -0.162. The third-order valence-electron chi connectivity index (χ3n) is 12.0. The van der Waals surface area contributed by atoms with Crippen molar-refractivity contribution < 1.29 is 52.6 Å². The van der Waals surface area contributed by atoms with Gasteiger partial charge in [0.2, 0.25) is 0 Å². The van der Waals surface area contributed by atoms with E-state index in [9.17, 15) is 19.5 Å². The van der Waals surface area contributed by atoms with Crippen LogP contribution in [0.25, 0.3) is 0 Å². The fourth-order valence-electron chi connectivity index (χ4n) is 7.58. The summed E-state index contributed by atoms with van der Waals surface area (Å²) in [7, 11) is 0. The summed E-state index contributed by atoms with van der Waals surface area (Å²) in [5, 5.41) is 10.6. The minimum Gasteiger partial charge on any atom is -0.466 e. The molecule has 65 heavy (non-hydrogen) atoms. The maximum atomic E-state index is 13.0. The van der Waals surface area contributed by atoms with Crippen molar-refractivity contribution in [3.05, 3.63) is 0 Å². The highest BCUT2D eigenvalue weighted by molar-refractivity contribution is 5.69. The minimum absolute atomic E-state index is 0.0281. The molecule has 0 rings (SSSR count). The van der Waals surface area contributed by atoms with Crippen LogP contribution in [0.2, 0.25) is 0 Å². The number of rotatable bonds is 51. The maximum Gasteiger partial charge on any atom is 0.508 e. The Morgan fingerprint density at radius 3 is 1.40 bits per heavy atom.